The average molecular weight is 294 g/mol. The fourth-order valence-corrected chi connectivity index (χ4v) is 1.82. The predicted molar refractivity (Wildman–Crippen MR) is 79.8 cm³/mol. The van der Waals surface area contributed by atoms with Crippen molar-refractivity contribution in [1.82, 2.24) is 5.32 Å². The molecule has 1 unspecified atom stereocenters. The molecular weight excluding hydrogens is 272 g/mol. The Bertz CT molecular complexity index is 488. The van der Waals surface area contributed by atoms with E-state index in [1.54, 1.807) is 24.3 Å². The predicted octanol–water partition coefficient (Wildman–Crippen LogP) is 1.35. The minimum absolute atomic E-state index is 0.185. The van der Waals surface area contributed by atoms with Gasteiger partial charge in [-0.15, -0.1) is 0 Å². The number of benzene rings is 1. The van der Waals surface area contributed by atoms with Crippen LogP contribution in [-0.2, 0) is 14.3 Å². The summed E-state index contributed by atoms with van der Waals surface area (Å²) in [6.07, 6.45) is 0.511. The zero-order valence-corrected chi connectivity index (χ0v) is 12.6. The van der Waals surface area contributed by atoms with Gasteiger partial charge in [0.2, 0.25) is 0 Å². The smallest absolute Gasteiger partial charge is 0.328 e. The second-order valence-electron chi connectivity index (χ2n) is 5.13. The molecule has 0 bridgehead atoms. The number of anilines is 1. The quantitative estimate of drug-likeness (QED) is 0.585. The molecule has 0 saturated heterocycles. The Balaban J connectivity index is 2.51. The van der Waals surface area contributed by atoms with Crippen molar-refractivity contribution >= 4 is 17.6 Å². The van der Waals surface area contributed by atoms with Crippen molar-refractivity contribution in [2.24, 2.45) is 5.92 Å². The molecule has 1 atom stereocenters. The zero-order valence-electron chi connectivity index (χ0n) is 12.6. The Morgan fingerprint density at radius 3 is 2.62 bits per heavy atom. The molecule has 0 radical (unpaired) electrons. The van der Waals surface area contributed by atoms with E-state index in [-0.39, 0.29) is 18.4 Å². The van der Waals surface area contributed by atoms with Crippen LogP contribution in [-0.4, -0.2) is 31.6 Å². The van der Waals surface area contributed by atoms with Crippen molar-refractivity contribution in [3.63, 3.8) is 0 Å². The lowest BCUT2D eigenvalue weighted by Crippen LogP contribution is -2.44. The lowest BCUT2D eigenvalue weighted by atomic mass is 10.0. The molecule has 116 valence electrons. The molecule has 1 amide bonds. The molecule has 0 spiro atoms. The second kappa shape index (κ2) is 8.14. The highest BCUT2D eigenvalue weighted by molar-refractivity contribution is 5.85. The van der Waals surface area contributed by atoms with Gasteiger partial charge in [0.1, 0.15) is 11.8 Å². The lowest BCUT2D eigenvalue weighted by Gasteiger charge is -2.18. The number of carbonyl (C=O) groups excluding carboxylic acids is 2. The SMILES string of the molecule is COC(=O)C(CC(C)C)NC(=O)COc1cccc(N)c1. The minimum Gasteiger partial charge on any atom is -0.484 e. The van der Waals surface area contributed by atoms with Gasteiger partial charge in [0.25, 0.3) is 5.91 Å². The zero-order chi connectivity index (χ0) is 15.8. The average Bonchev–Trinajstić information content (AvgIpc) is 2.43. The molecule has 0 aliphatic carbocycles. The summed E-state index contributed by atoms with van der Waals surface area (Å²) in [5, 5.41) is 2.61. The van der Waals surface area contributed by atoms with Crippen LogP contribution in [0, 0.1) is 5.92 Å². The minimum atomic E-state index is -0.660. The normalized spacial score (nSPS) is 11.8. The van der Waals surface area contributed by atoms with Crippen molar-refractivity contribution in [1.29, 1.82) is 0 Å². The Hall–Kier alpha value is -2.24. The van der Waals surface area contributed by atoms with Gasteiger partial charge in [0, 0.05) is 11.8 Å². The van der Waals surface area contributed by atoms with Crippen LogP contribution < -0.4 is 15.8 Å². The second-order valence-corrected chi connectivity index (χ2v) is 5.13. The summed E-state index contributed by atoms with van der Waals surface area (Å²) < 4.78 is 10.0. The number of ether oxygens (including phenoxy) is 2. The summed E-state index contributed by atoms with van der Waals surface area (Å²) in [4.78, 5) is 23.4. The third-order valence-electron chi connectivity index (χ3n) is 2.76. The number of nitrogen functional groups attached to an aromatic ring is 1. The van der Waals surface area contributed by atoms with E-state index in [0.717, 1.165) is 0 Å². The molecule has 1 aromatic carbocycles. The lowest BCUT2D eigenvalue weighted by molar-refractivity contribution is -0.145. The van der Waals surface area contributed by atoms with Crippen LogP contribution in [0.25, 0.3) is 0 Å². The van der Waals surface area contributed by atoms with Gasteiger partial charge in [0.15, 0.2) is 6.61 Å². The van der Waals surface area contributed by atoms with Gasteiger partial charge >= 0.3 is 5.97 Å². The van der Waals surface area contributed by atoms with E-state index in [9.17, 15) is 9.59 Å². The molecule has 21 heavy (non-hydrogen) atoms. The van der Waals surface area contributed by atoms with Crippen LogP contribution in [0.4, 0.5) is 5.69 Å². The number of carbonyl (C=O) groups is 2. The Morgan fingerprint density at radius 1 is 1.33 bits per heavy atom. The first kappa shape index (κ1) is 16.8. The van der Waals surface area contributed by atoms with Gasteiger partial charge in [-0.1, -0.05) is 19.9 Å². The molecule has 0 heterocycles. The van der Waals surface area contributed by atoms with Crippen molar-refractivity contribution in [3.8, 4) is 5.75 Å². The Labute approximate surface area is 124 Å². The standard InChI is InChI=1S/C15H22N2O4/c1-10(2)7-13(15(19)20-3)17-14(18)9-21-12-6-4-5-11(16)8-12/h4-6,8,10,13H,7,9,16H2,1-3H3,(H,17,18). The highest BCUT2D eigenvalue weighted by Gasteiger charge is 2.22. The summed E-state index contributed by atoms with van der Waals surface area (Å²) >= 11 is 0. The highest BCUT2D eigenvalue weighted by atomic mass is 16.5. The summed E-state index contributed by atoms with van der Waals surface area (Å²) in [6, 6.07) is 6.13. The summed E-state index contributed by atoms with van der Waals surface area (Å²) in [6.45, 7) is 3.74. The van der Waals surface area contributed by atoms with Gasteiger partial charge in [-0.2, -0.15) is 0 Å². The molecule has 0 aliphatic rings. The number of nitrogens with two attached hydrogens (primary N) is 1. The summed E-state index contributed by atoms with van der Waals surface area (Å²) in [5.74, 6) is -0.0812. The van der Waals surface area contributed by atoms with E-state index in [1.807, 2.05) is 13.8 Å². The van der Waals surface area contributed by atoms with Crippen LogP contribution in [0.3, 0.4) is 0 Å². The van der Waals surface area contributed by atoms with E-state index in [1.165, 1.54) is 7.11 Å². The van der Waals surface area contributed by atoms with Gasteiger partial charge < -0.3 is 20.5 Å². The first-order chi connectivity index (χ1) is 9.92. The maximum absolute atomic E-state index is 11.8. The third kappa shape index (κ3) is 6.16. The van der Waals surface area contributed by atoms with Crippen LogP contribution in [0.15, 0.2) is 24.3 Å². The third-order valence-corrected chi connectivity index (χ3v) is 2.76. The van der Waals surface area contributed by atoms with E-state index in [4.69, 9.17) is 10.5 Å². The fraction of sp³-hybridized carbons (Fsp3) is 0.467. The van der Waals surface area contributed by atoms with E-state index in [0.29, 0.717) is 17.9 Å². The first-order valence-corrected chi connectivity index (χ1v) is 6.78. The Morgan fingerprint density at radius 2 is 2.05 bits per heavy atom. The van der Waals surface area contributed by atoms with Gasteiger partial charge in [-0.05, 0) is 24.5 Å². The van der Waals surface area contributed by atoms with Crippen molar-refractivity contribution in [2.75, 3.05) is 19.5 Å². The first-order valence-electron chi connectivity index (χ1n) is 6.78. The van der Waals surface area contributed by atoms with Crippen molar-refractivity contribution < 1.29 is 19.1 Å². The summed E-state index contributed by atoms with van der Waals surface area (Å²) in [5.41, 5.74) is 6.17. The molecule has 0 fully saturated rings. The number of hydrogen-bond acceptors (Lipinski definition) is 5. The van der Waals surface area contributed by atoms with Gasteiger partial charge in [-0.25, -0.2) is 4.79 Å². The largest absolute Gasteiger partial charge is 0.484 e. The Kier molecular flexibility index (Phi) is 6.52. The van der Waals surface area contributed by atoms with E-state index in [2.05, 4.69) is 10.1 Å². The van der Waals surface area contributed by atoms with Crippen LogP contribution in [0.1, 0.15) is 20.3 Å². The monoisotopic (exact) mass is 294 g/mol. The number of hydrogen-bond donors (Lipinski definition) is 2. The van der Waals surface area contributed by atoms with Crippen LogP contribution in [0.5, 0.6) is 5.75 Å². The molecule has 0 aliphatic heterocycles. The molecule has 3 N–H and O–H groups in total. The molecular formula is C15H22N2O4. The van der Waals surface area contributed by atoms with E-state index < -0.39 is 12.0 Å². The molecule has 0 saturated carbocycles. The van der Waals surface area contributed by atoms with Gasteiger partial charge in [-0.3, -0.25) is 4.79 Å². The van der Waals surface area contributed by atoms with Crippen LogP contribution >= 0.6 is 0 Å². The maximum atomic E-state index is 11.8. The molecule has 1 aromatic rings. The van der Waals surface area contributed by atoms with Gasteiger partial charge in [0.05, 0.1) is 7.11 Å². The number of nitrogens with one attached hydrogen (secondary N) is 1. The van der Waals surface area contributed by atoms with E-state index >= 15 is 0 Å². The highest BCUT2D eigenvalue weighted by Crippen LogP contribution is 2.14. The molecule has 1 rings (SSSR count). The number of methoxy groups -OCH3 is 1. The molecule has 6 heteroatoms. The number of amides is 1. The number of rotatable bonds is 7. The maximum Gasteiger partial charge on any atom is 0.328 e. The van der Waals surface area contributed by atoms with Crippen molar-refractivity contribution in [3.05, 3.63) is 24.3 Å². The fourth-order valence-electron chi connectivity index (χ4n) is 1.82. The molecule has 0 aromatic heterocycles. The molecule has 6 nitrogen and oxygen atoms in total. The summed E-state index contributed by atoms with van der Waals surface area (Å²) in [7, 11) is 1.30. The topological polar surface area (TPSA) is 90.6 Å². The number of esters is 1. The van der Waals surface area contributed by atoms with Crippen LogP contribution in [0.2, 0.25) is 0 Å². The van der Waals surface area contributed by atoms with Crippen molar-refractivity contribution in [2.45, 2.75) is 26.3 Å².